The summed E-state index contributed by atoms with van der Waals surface area (Å²) < 4.78 is 0. The molecule has 14 rings (SSSR count). The summed E-state index contributed by atoms with van der Waals surface area (Å²) in [5, 5.41) is 0. The molecule has 0 unspecified atom stereocenters. The van der Waals surface area contributed by atoms with E-state index in [4.69, 9.17) is 15.0 Å². The molecular formula is C65H41N3. The second kappa shape index (κ2) is 14.9. The lowest BCUT2D eigenvalue weighted by molar-refractivity contribution is 0.633. The fourth-order valence-corrected chi connectivity index (χ4v) is 12.1. The van der Waals surface area contributed by atoms with E-state index in [-0.39, 0.29) is 0 Å². The van der Waals surface area contributed by atoms with Crippen LogP contribution in [0.1, 0.15) is 44.5 Å². The van der Waals surface area contributed by atoms with Crippen LogP contribution in [-0.2, 0) is 10.8 Å². The van der Waals surface area contributed by atoms with Gasteiger partial charge >= 0.3 is 0 Å². The molecule has 0 atom stereocenters. The fourth-order valence-electron chi connectivity index (χ4n) is 12.1. The predicted molar refractivity (Wildman–Crippen MR) is 275 cm³/mol. The van der Waals surface area contributed by atoms with Crippen molar-refractivity contribution in [3.63, 3.8) is 0 Å². The van der Waals surface area contributed by atoms with Gasteiger partial charge in [-0.25, -0.2) is 15.0 Å². The summed E-state index contributed by atoms with van der Waals surface area (Å²) in [6.45, 7) is 0. The second-order valence-corrected chi connectivity index (χ2v) is 18.2. The number of hydrogen-bond acceptors (Lipinski definition) is 3. The van der Waals surface area contributed by atoms with Crippen LogP contribution in [0.2, 0.25) is 0 Å². The molecule has 3 aliphatic carbocycles. The summed E-state index contributed by atoms with van der Waals surface area (Å²) in [5.41, 5.74) is 21.6. The Kier molecular flexibility index (Phi) is 8.41. The first-order valence-electron chi connectivity index (χ1n) is 23.4. The van der Waals surface area contributed by atoms with Crippen LogP contribution < -0.4 is 0 Å². The van der Waals surface area contributed by atoms with Gasteiger partial charge < -0.3 is 0 Å². The normalized spacial score (nSPS) is 13.8. The van der Waals surface area contributed by atoms with Crippen LogP contribution in [0.3, 0.4) is 0 Å². The minimum absolute atomic E-state index is 0.575. The van der Waals surface area contributed by atoms with Crippen LogP contribution in [0.15, 0.2) is 249 Å². The number of nitrogens with zero attached hydrogens (tertiary/aromatic N) is 3. The van der Waals surface area contributed by atoms with Gasteiger partial charge in [0.2, 0.25) is 0 Å². The van der Waals surface area contributed by atoms with Crippen LogP contribution in [0.4, 0.5) is 0 Å². The molecular weight excluding hydrogens is 823 g/mol. The van der Waals surface area contributed by atoms with E-state index in [0.29, 0.717) is 17.5 Å². The molecule has 68 heavy (non-hydrogen) atoms. The third-order valence-corrected chi connectivity index (χ3v) is 14.8. The number of hydrogen-bond donors (Lipinski definition) is 0. The van der Waals surface area contributed by atoms with E-state index in [1.54, 1.807) is 0 Å². The van der Waals surface area contributed by atoms with Gasteiger partial charge in [0, 0.05) is 16.7 Å². The molecule has 3 aliphatic rings. The van der Waals surface area contributed by atoms with Gasteiger partial charge in [-0.15, -0.1) is 0 Å². The van der Waals surface area contributed by atoms with Gasteiger partial charge in [0.25, 0.3) is 0 Å². The monoisotopic (exact) mass is 863 g/mol. The topological polar surface area (TPSA) is 38.7 Å². The summed E-state index contributed by atoms with van der Waals surface area (Å²) in [6.07, 6.45) is 0. The Bertz CT molecular complexity index is 3710. The summed E-state index contributed by atoms with van der Waals surface area (Å²) >= 11 is 0. The van der Waals surface area contributed by atoms with Crippen molar-refractivity contribution in [2.45, 2.75) is 10.8 Å². The second-order valence-electron chi connectivity index (χ2n) is 18.2. The molecule has 1 heterocycles. The molecule has 0 saturated heterocycles. The molecule has 10 aromatic carbocycles. The van der Waals surface area contributed by atoms with Crippen molar-refractivity contribution >= 4 is 0 Å². The molecule has 11 aromatic rings. The van der Waals surface area contributed by atoms with Crippen molar-refractivity contribution in [1.82, 2.24) is 15.0 Å². The predicted octanol–water partition coefficient (Wildman–Crippen LogP) is 15.2. The van der Waals surface area contributed by atoms with Gasteiger partial charge in [-0.3, -0.25) is 0 Å². The van der Waals surface area contributed by atoms with Crippen molar-refractivity contribution < 1.29 is 0 Å². The minimum Gasteiger partial charge on any atom is -0.208 e. The zero-order valence-electron chi connectivity index (χ0n) is 37.0. The van der Waals surface area contributed by atoms with Crippen molar-refractivity contribution in [2.75, 3.05) is 0 Å². The van der Waals surface area contributed by atoms with Crippen molar-refractivity contribution in [1.29, 1.82) is 0 Å². The number of fused-ring (bicyclic) bond motifs is 16. The zero-order valence-corrected chi connectivity index (χ0v) is 37.0. The van der Waals surface area contributed by atoms with Crippen LogP contribution >= 0.6 is 0 Å². The molecule has 3 heteroatoms. The van der Waals surface area contributed by atoms with Crippen LogP contribution in [0.25, 0.3) is 78.7 Å². The Labute approximate surface area is 395 Å². The van der Waals surface area contributed by atoms with Gasteiger partial charge in [-0.05, 0) is 101 Å². The Morgan fingerprint density at radius 1 is 0.191 bits per heavy atom. The molecule has 0 amide bonds. The summed E-state index contributed by atoms with van der Waals surface area (Å²) in [5.74, 6) is 1.89. The molecule has 1 aromatic heterocycles. The first-order chi connectivity index (χ1) is 33.7. The Hall–Kier alpha value is -8.79. The molecule has 0 saturated carbocycles. The Balaban J connectivity index is 1.02. The SMILES string of the molecule is c1ccc(-c2ccc(-c3cccc(-c4nc(-c5ccccc5)nc(-c5ccc6c(c5)C5(c7ccccc7-c7ccccc75)c5ccccc5C65c6ccccc6-c6ccccc65)n4)c3)cc2)cc1. The average Bonchev–Trinajstić information content (AvgIpc) is 3.89. The average molecular weight is 864 g/mol. The van der Waals surface area contributed by atoms with Gasteiger partial charge in [-0.1, -0.05) is 237 Å². The standard InChI is InChI=1S/C65H41N3/c1-3-18-42(19-4-1)43-34-36-44(37-35-43)46-22-17-23-47(40-46)62-66-61(45-20-5-2-6-21-45)67-63(68-62)48-38-39-59-60(41-48)65(55-30-13-9-26-51(55)52-27-10-14-31-56(52)65)58-33-16-15-32-57(58)64(59)53-28-11-7-24-49(53)50-25-8-12-29-54(50)64/h1-41H. The zero-order chi connectivity index (χ0) is 44.8. The van der Waals surface area contributed by atoms with Gasteiger partial charge in [0.05, 0.1) is 10.8 Å². The molecule has 3 nitrogen and oxygen atoms in total. The van der Waals surface area contributed by atoms with Gasteiger partial charge in [0.15, 0.2) is 17.5 Å². The first-order valence-corrected chi connectivity index (χ1v) is 23.4. The quantitative estimate of drug-likeness (QED) is 0.173. The summed E-state index contributed by atoms with van der Waals surface area (Å²) in [6, 6.07) is 90.7. The van der Waals surface area contributed by atoms with Crippen LogP contribution in [0.5, 0.6) is 0 Å². The Morgan fingerprint density at radius 2 is 0.500 bits per heavy atom. The number of benzene rings is 10. The van der Waals surface area contributed by atoms with E-state index in [1.807, 2.05) is 18.2 Å². The highest BCUT2D eigenvalue weighted by molar-refractivity contribution is 5.94. The van der Waals surface area contributed by atoms with Crippen LogP contribution in [-0.4, -0.2) is 15.0 Å². The summed E-state index contributed by atoms with van der Waals surface area (Å²) in [4.78, 5) is 16.0. The Morgan fingerprint density at radius 3 is 1.00 bits per heavy atom. The molecule has 0 N–H and O–H groups in total. The molecule has 316 valence electrons. The van der Waals surface area contributed by atoms with E-state index in [1.165, 1.54) is 77.9 Å². The lowest BCUT2D eigenvalue weighted by atomic mass is 9.52. The lowest BCUT2D eigenvalue weighted by Crippen LogP contribution is -2.43. The third-order valence-electron chi connectivity index (χ3n) is 14.8. The molecule has 0 radical (unpaired) electrons. The largest absolute Gasteiger partial charge is 0.208 e. The van der Waals surface area contributed by atoms with E-state index >= 15 is 0 Å². The highest BCUT2D eigenvalue weighted by Gasteiger charge is 2.59. The third kappa shape index (κ3) is 5.39. The van der Waals surface area contributed by atoms with E-state index in [0.717, 1.165) is 27.8 Å². The van der Waals surface area contributed by atoms with Crippen molar-refractivity contribution in [3.05, 3.63) is 293 Å². The maximum atomic E-state index is 5.42. The van der Waals surface area contributed by atoms with Gasteiger partial charge in [-0.2, -0.15) is 0 Å². The number of rotatable bonds is 5. The first kappa shape index (κ1) is 38.5. The highest BCUT2D eigenvalue weighted by Crippen LogP contribution is 2.67. The van der Waals surface area contributed by atoms with Crippen molar-refractivity contribution in [2.24, 2.45) is 0 Å². The molecule has 2 spiro atoms. The minimum atomic E-state index is -0.630. The molecule has 0 bridgehead atoms. The smallest absolute Gasteiger partial charge is 0.164 e. The van der Waals surface area contributed by atoms with Gasteiger partial charge in [0.1, 0.15) is 0 Å². The maximum Gasteiger partial charge on any atom is 0.164 e. The maximum absolute atomic E-state index is 5.42. The fraction of sp³-hybridized carbons (Fsp3) is 0.0308. The summed E-state index contributed by atoms with van der Waals surface area (Å²) in [7, 11) is 0. The molecule has 0 aliphatic heterocycles. The molecule has 0 fully saturated rings. The highest BCUT2D eigenvalue weighted by atomic mass is 15.0. The van der Waals surface area contributed by atoms with Crippen molar-refractivity contribution in [3.8, 4) is 78.7 Å². The van der Waals surface area contributed by atoms with E-state index < -0.39 is 10.8 Å². The number of aromatic nitrogens is 3. The van der Waals surface area contributed by atoms with E-state index in [9.17, 15) is 0 Å². The van der Waals surface area contributed by atoms with E-state index in [2.05, 4.69) is 231 Å². The van der Waals surface area contributed by atoms with Crippen LogP contribution in [0, 0.1) is 0 Å². The lowest BCUT2D eigenvalue weighted by Gasteiger charge is -2.49.